The minimum atomic E-state index is 1.07. The molecular formula is C6H15Bi. The van der Waals surface area contributed by atoms with Crippen molar-refractivity contribution in [2.75, 3.05) is 0 Å². The van der Waals surface area contributed by atoms with Gasteiger partial charge in [-0.15, -0.1) is 0 Å². The molecule has 0 aliphatic heterocycles. The van der Waals surface area contributed by atoms with Crippen LogP contribution in [0.1, 0.15) is 33.1 Å². The van der Waals surface area contributed by atoms with Crippen molar-refractivity contribution < 1.29 is 0 Å². The van der Waals surface area contributed by atoms with E-state index in [1.807, 2.05) is 0 Å². The van der Waals surface area contributed by atoms with Crippen molar-refractivity contribution in [1.29, 1.82) is 0 Å². The third-order valence-corrected chi connectivity index (χ3v) is 2.31. The van der Waals surface area contributed by atoms with Gasteiger partial charge in [0, 0.05) is 0 Å². The quantitative estimate of drug-likeness (QED) is 0.694. The van der Waals surface area contributed by atoms with Crippen LogP contribution in [0.2, 0.25) is 3.63 Å². The zero-order chi connectivity index (χ0) is 5.70. The fraction of sp³-hybridized carbons (Fsp3) is 1.00. The van der Waals surface area contributed by atoms with Crippen LogP contribution in [0.3, 0.4) is 0 Å². The second-order valence-electron chi connectivity index (χ2n) is 2.12. The molecule has 0 bridgehead atoms. The molecule has 0 nitrogen and oxygen atoms in total. The number of rotatable bonds is 3. The van der Waals surface area contributed by atoms with Crippen LogP contribution < -0.4 is 0 Å². The molecule has 0 amide bonds. The summed E-state index contributed by atoms with van der Waals surface area (Å²) >= 11 is 1.21. The molecule has 0 aromatic heterocycles. The Morgan fingerprint density at radius 1 is 1.57 bits per heavy atom. The summed E-state index contributed by atoms with van der Waals surface area (Å²) in [5.41, 5.74) is 0. The van der Waals surface area contributed by atoms with Crippen molar-refractivity contribution in [3.8, 4) is 0 Å². The van der Waals surface area contributed by atoms with E-state index >= 15 is 0 Å². The average Bonchev–Trinajstić information content (AvgIpc) is 1.61. The molecule has 0 aromatic carbocycles. The predicted octanol–water partition coefficient (Wildman–Crippen LogP) is 1.62. The van der Waals surface area contributed by atoms with Gasteiger partial charge in [0.1, 0.15) is 0 Å². The Morgan fingerprint density at radius 2 is 2.14 bits per heavy atom. The first kappa shape index (κ1) is 7.88. The molecule has 0 spiro atoms. The van der Waals surface area contributed by atoms with Crippen molar-refractivity contribution in [2.24, 2.45) is 0 Å². The van der Waals surface area contributed by atoms with E-state index in [0.29, 0.717) is 0 Å². The summed E-state index contributed by atoms with van der Waals surface area (Å²) in [6, 6.07) is 0. The van der Waals surface area contributed by atoms with E-state index in [0.717, 1.165) is 3.63 Å². The molecule has 0 rings (SSSR count). The Labute approximate surface area is 61.5 Å². The van der Waals surface area contributed by atoms with Crippen LogP contribution in [-0.4, -0.2) is 24.7 Å². The Bertz CT molecular complexity index is 33.2. The van der Waals surface area contributed by atoms with Gasteiger partial charge in [-0.2, -0.15) is 0 Å². The molecule has 0 aromatic rings. The van der Waals surface area contributed by atoms with E-state index < -0.39 is 0 Å². The van der Waals surface area contributed by atoms with Crippen LogP contribution in [0, 0.1) is 0 Å². The summed E-state index contributed by atoms with van der Waals surface area (Å²) in [5.74, 6) is 0. The number of unbranched alkanes of at least 4 members (excludes halogenated alkanes) is 1. The zero-order valence-corrected chi connectivity index (χ0v) is 9.76. The second kappa shape index (κ2) is 5.03. The molecule has 1 heteroatoms. The first-order chi connectivity index (χ1) is 3.27. The van der Waals surface area contributed by atoms with Gasteiger partial charge in [-0.25, -0.2) is 0 Å². The fourth-order valence-corrected chi connectivity index (χ4v) is 1.44. The monoisotopic (exact) mass is 296 g/mol. The third-order valence-electron chi connectivity index (χ3n) is 1.01. The van der Waals surface area contributed by atoms with Crippen molar-refractivity contribution in [3.05, 3.63) is 0 Å². The standard InChI is InChI=1S/C6H13.Bi.2H/c1-3-5-6-4-2;;;/h3H,4-6H2,1-2H3;;;. The summed E-state index contributed by atoms with van der Waals surface area (Å²) < 4.78 is 1.07. The van der Waals surface area contributed by atoms with Gasteiger partial charge in [-0.3, -0.25) is 0 Å². The summed E-state index contributed by atoms with van der Waals surface area (Å²) in [7, 11) is 0. The van der Waals surface area contributed by atoms with Gasteiger partial charge < -0.3 is 0 Å². The predicted molar refractivity (Wildman–Crippen MR) is 37.5 cm³/mol. The van der Waals surface area contributed by atoms with Gasteiger partial charge in [0.05, 0.1) is 0 Å². The van der Waals surface area contributed by atoms with Gasteiger partial charge in [-0.05, 0) is 0 Å². The van der Waals surface area contributed by atoms with E-state index in [4.69, 9.17) is 0 Å². The molecule has 0 N–H and O–H groups in total. The van der Waals surface area contributed by atoms with E-state index in [2.05, 4.69) is 13.8 Å². The molecule has 0 heterocycles. The van der Waals surface area contributed by atoms with E-state index in [-0.39, 0.29) is 0 Å². The third kappa shape index (κ3) is 6.88. The van der Waals surface area contributed by atoms with Gasteiger partial charge in [0.25, 0.3) is 0 Å². The van der Waals surface area contributed by atoms with Crippen LogP contribution in [0.15, 0.2) is 0 Å². The number of hydrogen-bond acceptors (Lipinski definition) is 0. The maximum atomic E-state index is 2.35. The molecule has 1 atom stereocenters. The first-order valence-electron chi connectivity index (χ1n) is 3.03. The number of hydrogen-bond donors (Lipinski definition) is 0. The Balaban J connectivity index is 2.68. The van der Waals surface area contributed by atoms with Crippen LogP contribution in [0.4, 0.5) is 0 Å². The molecular weight excluding hydrogens is 281 g/mol. The van der Waals surface area contributed by atoms with Gasteiger partial charge in [0.15, 0.2) is 0 Å². The van der Waals surface area contributed by atoms with E-state index in [1.54, 1.807) is 0 Å². The molecule has 0 saturated carbocycles. The Hall–Kier alpha value is 0.883. The van der Waals surface area contributed by atoms with Crippen LogP contribution >= 0.6 is 0 Å². The van der Waals surface area contributed by atoms with Gasteiger partial charge >= 0.3 is 61.5 Å². The fourth-order valence-electron chi connectivity index (χ4n) is 0.526. The normalized spacial score (nSPS) is 14.1. The van der Waals surface area contributed by atoms with E-state index in [9.17, 15) is 0 Å². The Morgan fingerprint density at radius 3 is 2.29 bits per heavy atom. The van der Waals surface area contributed by atoms with Crippen LogP contribution in [0.25, 0.3) is 0 Å². The minimum absolute atomic E-state index is 1.07. The molecule has 1 unspecified atom stereocenters. The molecule has 0 radical (unpaired) electrons. The average molecular weight is 296 g/mol. The Kier molecular flexibility index (Phi) is 5.66. The van der Waals surface area contributed by atoms with Gasteiger partial charge in [0.2, 0.25) is 0 Å². The van der Waals surface area contributed by atoms with Crippen LogP contribution in [-0.2, 0) is 0 Å². The molecule has 0 aliphatic rings. The molecule has 44 valence electrons. The first-order valence-corrected chi connectivity index (χ1v) is 5.62. The SMILES string of the molecule is CCCC[CH](C)[BiH2]. The molecule has 0 saturated heterocycles. The summed E-state index contributed by atoms with van der Waals surface area (Å²) in [4.78, 5) is 0. The summed E-state index contributed by atoms with van der Waals surface area (Å²) in [6.45, 7) is 4.60. The van der Waals surface area contributed by atoms with Crippen molar-refractivity contribution in [3.63, 3.8) is 0 Å². The maximum absolute atomic E-state index is 2.35. The van der Waals surface area contributed by atoms with Crippen molar-refractivity contribution >= 4 is 24.7 Å². The molecule has 0 fully saturated rings. The van der Waals surface area contributed by atoms with Gasteiger partial charge in [-0.1, -0.05) is 0 Å². The van der Waals surface area contributed by atoms with Crippen molar-refractivity contribution in [2.45, 2.75) is 36.7 Å². The second-order valence-corrected chi connectivity index (χ2v) is 6.54. The van der Waals surface area contributed by atoms with Crippen LogP contribution in [0.5, 0.6) is 0 Å². The zero-order valence-electron chi connectivity index (χ0n) is 5.28. The summed E-state index contributed by atoms with van der Waals surface area (Å²) in [6.07, 6.45) is 4.29. The molecule has 0 aliphatic carbocycles. The summed E-state index contributed by atoms with van der Waals surface area (Å²) in [5, 5.41) is 0. The van der Waals surface area contributed by atoms with E-state index in [1.165, 1.54) is 44.0 Å². The molecule has 7 heavy (non-hydrogen) atoms. The van der Waals surface area contributed by atoms with Crippen molar-refractivity contribution in [1.82, 2.24) is 0 Å². The topological polar surface area (TPSA) is 0 Å².